The summed E-state index contributed by atoms with van der Waals surface area (Å²) < 4.78 is 10.2. The lowest BCUT2D eigenvalue weighted by Crippen LogP contribution is -2.25. The summed E-state index contributed by atoms with van der Waals surface area (Å²) in [6.07, 6.45) is 2.84. The Morgan fingerprint density at radius 1 is 1.47 bits per heavy atom. The first kappa shape index (κ1) is 12.1. The number of ether oxygens (including phenoxy) is 2. The molecule has 17 heavy (non-hydrogen) atoms. The van der Waals surface area contributed by atoms with E-state index in [1.807, 2.05) is 0 Å². The third kappa shape index (κ3) is 3.32. The second kappa shape index (κ2) is 5.84. The van der Waals surface area contributed by atoms with Gasteiger partial charge in [0, 0.05) is 13.0 Å². The van der Waals surface area contributed by atoms with Crippen LogP contribution < -0.4 is 0 Å². The van der Waals surface area contributed by atoms with E-state index in [9.17, 15) is 9.59 Å². The van der Waals surface area contributed by atoms with Crippen LogP contribution in [0.1, 0.15) is 25.7 Å². The first-order chi connectivity index (χ1) is 8.29. The number of carbonyl (C=O) groups excluding carboxylic acids is 2. The molecule has 0 N–H and O–H groups in total. The minimum atomic E-state index is -0.515. The molecule has 0 aromatic carbocycles. The van der Waals surface area contributed by atoms with Gasteiger partial charge in [-0.15, -0.1) is 0 Å². The van der Waals surface area contributed by atoms with Crippen molar-refractivity contribution in [3.8, 4) is 0 Å². The van der Waals surface area contributed by atoms with Crippen LogP contribution in [-0.4, -0.2) is 49.2 Å². The van der Waals surface area contributed by atoms with E-state index in [1.165, 1.54) is 12.8 Å². The van der Waals surface area contributed by atoms with Crippen molar-refractivity contribution in [2.75, 3.05) is 26.2 Å². The molecule has 2 heterocycles. The number of carbonyl (C=O) groups is 1. The van der Waals surface area contributed by atoms with Crippen molar-refractivity contribution in [3.63, 3.8) is 0 Å². The Labute approximate surface area is 100 Å². The zero-order valence-electron chi connectivity index (χ0n) is 9.81. The van der Waals surface area contributed by atoms with Crippen molar-refractivity contribution >= 4 is 11.9 Å². The molecule has 2 saturated heterocycles. The average Bonchev–Trinajstić information content (AvgIpc) is 2.97. The number of rotatable bonds is 4. The SMILES string of the molecule is O=C=C1OCCC1OC(=O)CCN1CCCC1. The van der Waals surface area contributed by atoms with E-state index in [-0.39, 0.29) is 11.7 Å². The predicted molar refractivity (Wildman–Crippen MR) is 59.9 cm³/mol. The maximum Gasteiger partial charge on any atom is 0.307 e. The quantitative estimate of drug-likeness (QED) is 0.529. The Kier molecular flexibility index (Phi) is 4.18. The normalized spacial score (nSPS) is 24.5. The first-order valence-corrected chi connectivity index (χ1v) is 6.09. The fraction of sp³-hybridized carbons (Fsp3) is 0.750. The van der Waals surface area contributed by atoms with Crippen LogP contribution in [-0.2, 0) is 19.1 Å². The van der Waals surface area contributed by atoms with Crippen LogP contribution >= 0.6 is 0 Å². The Morgan fingerprint density at radius 3 is 2.94 bits per heavy atom. The molecule has 0 aromatic heterocycles. The van der Waals surface area contributed by atoms with Crippen molar-refractivity contribution in [2.24, 2.45) is 0 Å². The van der Waals surface area contributed by atoms with E-state index in [4.69, 9.17) is 9.47 Å². The molecule has 5 nitrogen and oxygen atoms in total. The van der Waals surface area contributed by atoms with Crippen LogP contribution in [0.25, 0.3) is 0 Å². The highest BCUT2D eigenvalue weighted by molar-refractivity contribution is 5.70. The van der Waals surface area contributed by atoms with Gasteiger partial charge in [-0.05, 0) is 25.9 Å². The maximum atomic E-state index is 11.6. The third-order valence-corrected chi connectivity index (χ3v) is 3.14. The summed E-state index contributed by atoms with van der Waals surface area (Å²) in [4.78, 5) is 24.3. The summed E-state index contributed by atoms with van der Waals surface area (Å²) in [6.45, 7) is 3.31. The molecule has 0 amide bonds. The molecule has 0 bridgehead atoms. The number of likely N-dealkylation sites (tertiary alicyclic amines) is 1. The second-order valence-corrected chi connectivity index (χ2v) is 4.38. The van der Waals surface area contributed by atoms with Gasteiger partial charge < -0.3 is 14.4 Å². The molecule has 0 aromatic rings. The Hall–Kier alpha value is -1.32. The molecular weight excluding hydrogens is 222 g/mol. The van der Waals surface area contributed by atoms with Crippen LogP contribution in [0.5, 0.6) is 0 Å². The molecule has 5 heteroatoms. The number of nitrogens with zero attached hydrogens (tertiary/aromatic N) is 1. The molecule has 0 saturated carbocycles. The van der Waals surface area contributed by atoms with Crippen molar-refractivity contribution < 1.29 is 19.1 Å². The Balaban J connectivity index is 1.71. The van der Waals surface area contributed by atoms with E-state index in [0.29, 0.717) is 19.4 Å². The van der Waals surface area contributed by atoms with Crippen molar-refractivity contribution in [1.29, 1.82) is 0 Å². The smallest absolute Gasteiger partial charge is 0.307 e. The zero-order chi connectivity index (χ0) is 12.1. The molecular formula is C12H17NO4. The Morgan fingerprint density at radius 2 is 2.24 bits per heavy atom. The molecule has 1 unspecified atom stereocenters. The van der Waals surface area contributed by atoms with Crippen molar-refractivity contribution in [2.45, 2.75) is 31.8 Å². The Bertz CT molecular complexity index is 329. The van der Waals surface area contributed by atoms with E-state index < -0.39 is 6.10 Å². The first-order valence-electron chi connectivity index (χ1n) is 6.09. The largest absolute Gasteiger partial charge is 0.483 e. The molecule has 2 fully saturated rings. The molecule has 94 valence electrons. The highest BCUT2D eigenvalue weighted by Gasteiger charge is 2.27. The summed E-state index contributed by atoms with van der Waals surface area (Å²) in [6, 6.07) is 0. The standard InChI is InChI=1S/C12H17NO4/c14-9-11-10(4-8-16-11)17-12(15)3-7-13-5-1-2-6-13/h10H,1-8H2. The average molecular weight is 239 g/mol. The van der Waals surface area contributed by atoms with Crippen LogP contribution in [0.4, 0.5) is 0 Å². The van der Waals surface area contributed by atoms with Gasteiger partial charge in [0.1, 0.15) is 0 Å². The van der Waals surface area contributed by atoms with E-state index >= 15 is 0 Å². The maximum absolute atomic E-state index is 11.6. The molecule has 2 aliphatic heterocycles. The second-order valence-electron chi connectivity index (χ2n) is 4.38. The summed E-state index contributed by atoms with van der Waals surface area (Å²) in [5, 5.41) is 0. The van der Waals surface area contributed by atoms with Gasteiger partial charge >= 0.3 is 5.97 Å². The highest BCUT2D eigenvalue weighted by atomic mass is 16.6. The van der Waals surface area contributed by atoms with Crippen molar-refractivity contribution in [3.05, 3.63) is 5.76 Å². The highest BCUT2D eigenvalue weighted by Crippen LogP contribution is 2.19. The predicted octanol–water partition coefficient (Wildman–Crippen LogP) is 0.520. The van der Waals surface area contributed by atoms with Gasteiger partial charge in [0.2, 0.25) is 5.76 Å². The monoisotopic (exact) mass is 239 g/mol. The fourth-order valence-electron chi connectivity index (χ4n) is 2.18. The van der Waals surface area contributed by atoms with Gasteiger partial charge in [-0.25, -0.2) is 4.79 Å². The molecule has 0 aliphatic carbocycles. The number of hydrogen-bond donors (Lipinski definition) is 0. The molecule has 2 aliphatic rings. The van der Waals surface area contributed by atoms with Crippen LogP contribution in [0.2, 0.25) is 0 Å². The lowest BCUT2D eigenvalue weighted by molar-refractivity contribution is -0.147. The van der Waals surface area contributed by atoms with E-state index in [1.54, 1.807) is 5.94 Å². The zero-order valence-corrected chi connectivity index (χ0v) is 9.81. The van der Waals surface area contributed by atoms with Gasteiger partial charge in [0.15, 0.2) is 12.0 Å². The van der Waals surface area contributed by atoms with Gasteiger partial charge in [-0.1, -0.05) is 0 Å². The minimum Gasteiger partial charge on any atom is -0.483 e. The molecule has 2 rings (SSSR count). The van der Waals surface area contributed by atoms with Crippen molar-refractivity contribution in [1.82, 2.24) is 4.90 Å². The lowest BCUT2D eigenvalue weighted by Gasteiger charge is -2.15. The van der Waals surface area contributed by atoms with Gasteiger partial charge in [0.05, 0.1) is 13.0 Å². The molecule has 0 radical (unpaired) electrons. The fourth-order valence-corrected chi connectivity index (χ4v) is 2.18. The van der Waals surface area contributed by atoms with Crippen LogP contribution in [0.3, 0.4) is 0 Å². The summed E-state index contributed by atoms with van der Waals surface area (Å²) in [5.41, 5.74) is 0. The molecule has 1 atom stereocenters. The van der Waals surface area contributed by atoms with E-state index in [2.05, 4.69) is 4.90 Å². The minimum absolute atomic E-state index is 0.125. The summed E-state index contributed by atoms with van der Waals surface area (Å²) >= 11 is 0. The van der Waals surface area contributed by atoms with Crippen LogP contribution in [0, 0.1) is 0 Å². The van der Waals surface area contributed by atoms with Gasteiger partial charge in [0.25, 0.3) is 0 Å². The summed E-state index contributed by atoms with van der Waals surface area (Å²) in [7, 11) is 0. The van der Waals surface area contributed by atoms with E-state index in [0.717, 1.165) is 19.6 Å². The number of esters is 1. The third-order valence-electron chi connectivity index (χ3n) is 3.14. The number of hydrogen-bond acceptors (Lipinski definition) is 5. The van der Waals surface area contributed by atoms with Crippen LogP contribution in [0.15, 0.2) is 5.76 Å². The topological polar surface area (TPSA) is 55.8 Å². The van der Waals surface area contributed by atoms with Gasteiger partial charge in [-0.3, -0.25) is 4.79 Å². The summed E-state index contributed by atoms with van der Waals surface area (Å²) in [5.74, 6) is 1.53. The lowest BCUT2D eigenvalue weighted by atomic mass is 10.2. The van der Waals surface area contributed by atoms with Gasteiger partial charge in [-0.2, -0.15) is 0 Å². The molecule has 0 spiro atoms.